The Bertz CT molecular complexity index is 837. The van der Waals surface area contributed by atoms with Crippen LogP contribution in [0.1, 0.15) is 47.4 Å². The summed E-state index contributed by atoms with van der Waals surface area (Å²) >= 11 is 0. The number of piperidine rings is 3. The fourth-order valence-corrected chi connectivity index (χ4v) is 5.75. The number of carbonyl (C=O) groups is 1. The fourth-order valence-electron chi connectivity index (χ4n) is 5.75. The Labute approximate surface area is 161 Å². The number of likely N-dealkylation sites (tertiary alicyclic amines) is 1. The number of amides is 1. The summed E-state index contributed by atoms with van der Waals surface area (Å²) in [5.41, 5.74) is 3.04. The van der Waals surface area contributed by atoms with E-state index in [1.807, 2.05) is 17.7 Å². The lowest BCUT2D eigenvalue weighted by molar-refractivity contribution is -0.00375. The van der Waals surface area contributed by atoms with Crippen LogP contribution in [-0.2, 0) is 6.54 Å². The van der Waals surface area contributed by atoms with Crippen LogP contribution in [0.15, 0.2) is 36.4 Å². The van der Waals surface area contributed by atoms with Crippen LogP contribution in [0.25, 0.3) is 0 Å². The summed E-state index contributed by atoms with van der Waals surface area (Å²) in [7, 11) is 0. The van der Waals surface area contributed by atoms with Crippen LogP contribution >= 0.6 is 0 Å². The van der Waals surface area contributed by atoms with Crippen LogP contribution in [-0.4, -0.2) is 57.2 Å². The average molecular weight is 364 g/mol. The quantitative estimate of drug-likeness (QED) is 0.841. The van der Waals surface area contributed by atoms with Gasteiger partial charge in [0.2, 0.25) is 0 Å². The monoisotopic (exact) mass is 364 g/mol. The van der Waals surface area contributed by atoms with Gasteiger partial charge in [0.15, 0.2) is 0 Å². The second-order valence-corrected chi connectivity index (χ2v) is 8.32. The van der Waals surface area contributed by atoms with Crippen LogP contribution in [0.5, 0.6) is 0 Å². The van der Waals surface area contributed by atoms with Gasteiger partial charge in [-0.2, -0.15) is 5.10 Å². The molecule has 1 aromatic carbocycles. The summed E-state index contributed by atoms with van der Waals surface area (Å²) < 4.78 is 1.86. The predicted octanol–water partition coefficient (Wildman–Crippen LogP) is 2.91. The van der Waals surface area contributed by atoms with Gasteiger partial charge >= 0.3 is 0 Å². The molecule has 1 amide bonds. The van der Waals surface area contributed by atoms with Crippen molar-refractivity contribution in [2.24, 2.45) is 5.92 Å². The Morgan fingerprint density at radius 3 is 2.59 bits per heavy atom. The van der Waals surface area contributed by atoms with E-state index in [1.165, 1.54) is 31.5 Å². The number of hydrogen-bond acceptors (Lipinski definition) is 3. The second kappa shape index (κ2) is 6.48. The number of rotatable bonds is 3. The Balaban J connectivity index is 1.53. The minimum Gasteiger partial charge on any atom is -0.332 e. The zero-order chi connectivity index (χ0) is 18.5. The first kappa shape index (κ1) is 17.0. The molecule has 0 radical (unpaired) electrons. The molecular weight excluding hydrogens is 336 g/mol. The summed E-state index contributed by atoms with van der Waals surface area (Å²) in [5, 5.41) is 4.51. The minimum atomic E-state index is 0.166. The van der Waals surface area contributed by atoms with Crippen molar-refractivity contribution >= 4 is 5.91 Å². The maximum absolute atomic E-state index is 13.6. The molecule has 4 fully saturated rings. The third-order valence-corrected chi connectivity index (χ3v) is 6.90. The van der Waals surface area contributed by atoms with E-state index >= 15 is 0 Å². The molecule has 2 bridgehead atoms. The number of hydrogen-bond donors (Lipinski definition) is 0. The molecule has 5 heteroatoms. The van der Waals surface area contributed by atoms with Crippen molar-refractivity contribution in [2.45, 2.75) is 51.2 Å². The van der Waals surface area contributed by atoms with E-state index in [1.54, 1.807) is 0 Å². The normalized spacial score (nSPS) is 31.9. The number of aromatic nitrogens is 2. The molecule has 0 unspecified atom stereocenters. The van der Waals surface area contributed by atoms with Crippen LogP contribution in [0.4, 0.5) is 0 Å². The zero-order valence-electron chi connectivity index (χ0n) is 16.2. The lowest BCUT2D eigenvalue weighted by atomic mass is 9.75. The van der Waals surface area contributed by atoms with Crippen molar-refractivity contribution in [1.82, 2.24) is 19.6 Å². The van der Waals surface area contributed by atoms with Gasteiger partial charge in [-0.3, -0.25) is 14.4 Å². The third-order valence-electron chi connectivity index (χ3n) is 6.90. The first-order chi connectivity index (χ1) is 13.2. The Morgan fingerprint density at radius 1 is 1.15 bits per heavy atom. The Hall–Kier alpha value is -2.14. The van der Waals surface area contributed by atoms with E-state index in [0.29, 0.717) is 23.9 Å². The van der Waals surface area contributed by atoms with Gasteiger partial charge in [-0.05, 0) is 57.3 Å². The molecule has 4 aliphatic heterocycles. The average Bonchev–Trinajstić information content (AvgIpc) is 3.31. The molecule has 6 rings (SSSR count). The van der Waals surface area contributed by atoms with Gasteiger partial charge in [-0.25, -0.2) is 0 Å². The van der Waals surface area contributed by atoms with Gasteiger partial charge < -0.3 is 4.90 Å². The molecule has 5 nitrogen and oxygen atoms in total. The molecule has 1 aromatic heterocycles. The first-order valence-corrected chi connectivity index (χ1v) is 10.3. The van der Waals surface area contributed by atoms with Crippen LogP contribution in [0.3, 0.4) is 0 Å². The summed E-state index contributed by atoms with van der Waals surface area (Å²) in [4.78, 5) is 18.4. The molecule has 2 aromatic rings. The van der Waals surface area contributed by atoms with Crippen molar-refractivity contribution in [3.8, 4) is 0 Å². The Morgan fingerprint density at radius 2 is 1.89 bits per heavy atom. The molecule has 0 saturated carbocycles. The van der Waals surface area contributed by atoms with Crippen molar-refractivity contribution in [3.05, 3.63) is 53.3 Å². The highest BCUT2D eigenvalue weighted by atomic mass is 16.2. The number of benzene rings is 1. The molecule has 4 aliphatic rings. The number of nitrogens with zero attached hydrogens (tertiary/aromatic N) is 4. The summed E-state index contributed by atoms with van der Waals surface area (Å²) in [6, 6.07) is 13.6. The molecule has 142 valence electrons. The minimum absolute atomic E-state index is 0.166. The van der Waals surface area contributed by atoms with Crippen LogP contribution in [0.2, 0.25) is 0 Å². The van der Waals surface area contributed by atoms with Crippen molar-refractivity contribution in [2.75, 3.05) is 19.6 Å². The standard InChI is InChI=1S/C22H28N4O/c1-3-26-19(13-15(2)23-26)22(27)25-14-18(16-7-5-4-6-8-16)21-20(25)17-9-11-24(21)12-10-17/h4-8,13,17-18,20-21H,3,9-12,14H2,1-2H3/t18-,20+,21+/m1/s1. The maximum atomic E-state index is 13.6. The van der Waals surface area contributed by atoms with Gasteiger partial charge in [-0.1, -0.05) is 30.3 Å². The second-order valence-electron chi connectivity index (χ2n) is 8.32. The van der Waals surface area contributed by atoms with Gasteiger partial charge in [0.1, 0.15) is 5.69 Å². The van der Waals surface area contributed by atoms with E-state index in [9.17, 15) is 4.79 Å². The molecule has 0 spiro atoms. The largest absolute Gasteiger partial charge is 0.332 e. The van der Waals surface area contributed by atoms with Gasteiger partial charge in [0, 0.05) is 25.0 Å². The van der Waals surface area contributed by atoms with Gasteiger partial charge in [-0.15, -0.1) is 0 Å². The summed E-state index contributed by atoms with van der Waals surface area (Å²) in [6.45, 7) is 7.94. The SMILES string of the molecule is CCn1nc(C)cc1C(=O)N1C[C@H](c2ccccc2)[C@H]2[C@@H]1C1CCN2CC1. The topological polar surface area (TPSA) is 41.4 Å². The zero-order valence-corrected chi connectivity index (χ0v) is 16.2. The van der Waals surface area contributed by atoms with Crippen molar-refractivity contribution < 1.29 is 4.79 Å². The molecule has 5 heterocycles. The smallest absolute Gasteiger partial charge is 0.272 e. The lowest BCUT2D eigenvalue weighted by Crippen LogP contribution is -2.60. The number of fused-ring (bicyclic) bond motifs is 2. The molecule has 0 N–H and O–H groups in total. The molecular formula is C22H28N4O. The van der Waals surface area contributed by atoms with Crippen LogP contribution < -0.4 is 0 Å². The summed E-state index contributed by atoms with van der Waals surface area (Å²) in [6.07, 6.45) is 2.44. The van der Waals surface area contributed by atoms with E-state index in [2.05, 4.69) is 52.2 Å². The van der Waals surface area contributed by atoms with E-state index in [-0.39, 0.29) is 5.91 Å². The van der Waals surface area contributed by atoms with Gasteiger partial charge in [0.05, 0.1) is 11.7 Å². The summed E-state index contributed by atoms with van der Waals surface area (Å²) in [5.74, 6) is 1.21. The third kappa shape index (κ3) is 2.63. The van der Waals surface area contributed by atoms with E-state index in [4.69, 9.17) is 0 Å². The van der Waals surface area contributed by atoms with Crippen molar-refractivity contribution in [3.63, 3.8) is 0 Å². The molecule has 4 saturated heterocycles. The van der Waals surface area contributed by atoms with E-state index < -0.39 is 0 Å². The fraction of sp³-hybridized carbons (Fsp3) is 0.545. The molecule has 3 atom stereocenters. The lowest BCUT2D eigenvalue weighted by Gasteiger charge is -2.51. The van der Waals surface area contributed by atoms with Crippen molar-refractivity contribution in [1.29, 1.82) is 0 Å². The van der Waals surface area contributed by atoms with E-state index in [0.717, 1.165) is 24.5 Å². The van der Waals surface area contributed by atoms with Gasteiger partial charge in [0.25, 0.3) is 5.91 Å². The highest BCUT2D eigenvalue weighted by Crippen LogP contribution is 2.46. The number of aryl methyl sites for hydroxylation is 2. The molecule has 0 aliphatic carbocycles. The molecule has 27 heavy (non-hydrogen) atoms. The predicted molar refractivity (Wildman–Crippen MR) is 105 cm³/mol. The Kier molecular flexibility index (Phi) is 4.08. The maximum Gasteiger partial charge on any atom is 0.272 e. The highest BCUT2D eigenvalue weighted by molar-refractivity contribution is 5.93. The first-order valence-electron chi connectivity index (χ1n) is 10.3. The highest BCUT2D eigenvalue weighted by Gasteiger charge is 2.54. The van der Waals surface area contributed by atoms with Crippen LogP contribution in [0, 0.1) is 12.8 Å². The number of carbonyl (C=O) groups excluding carboxylic acids is 1.